The molecular formula is C16H18N2O2S. The van der Waals surface area contributed by atoms with Crippen molar-refractivity contribution < 1.29 is 9.53 Å². The fourth-order valence-corrected chi connectivity index (χ4v) is 3.65. The maximum Gasteiger partial charge on any atom is 0.266 e. The van der Waals surface area contributed by atoms with E-state index >= 15 is 0 Å². The number of aryl methyl sites for hydroxylation is 1. The van der Waals surface area contributed by atoms with Gasteiger partial charge in [-0.15, -0.1) is 11.3 Å². The summed E-state index contributed by atoms with van der Waals surface area (Å²) in [6, 6.07) is 8.33. The molecule has 110 valence electrons. The molecule has 3 rings (SSSR count). The molecule has 0 aliphatic carbocycles. The van der Waals surface area contributed by atoms with Crippen molar-refractivity contribution in [3.8, 4) is 0 Å². The molecule has 1 aromatic carbocycles. The number of hydrogen-bond acceptors (Lipinski definition) is 4. The Labute approximate surface area is 128 Å². The van der Waals surface area contributed by atoms with Crippen LogP contribution in [0, 0.1) is 6.92 Å². The van der Waals surface area contributed by atoms with Crippen molar-refractivity contribution in [1.82, 2.24) is 9.88 Å². The van der Waals surface area contributed by atoms with E-state index in [2.05, 4.69) is 23.2 Å². The van der Waals surface area contributed by atoms with Crippen LogP contribution < -0.4 is 0 Å². The van der Waals surface area contributed by atoms with E-state index in [9.17, 15) is 4.79 Å². The lowest BCUT2D eigenvalue weighted by molar-refractivity contribution is 0.0738. The zero-order chi connectivity index (χ0) is 14.8. The Morgan fingerprint density at radius 3 is 2.90 bits per heavy atom. The van der Waals surface area contributed by atoms with Crippen LogP contribution in [0.5, 0.6) is 0 Å². The second-order valence-electron chi connectivity index (χ2n) is 5.20. The van der Waals surface area contributed by atoms with Gasteiger partial charge in [-0.1, -0.05) is 24.3 Å². The number of nitrogens with zero attached hydrogens (tertiary/aromatic N) is 2. The first-order valence-corrected chi connectivity index (χ1v) is 7.82. The molecule has 0 N–H and O–H groups in total. The van der Waals surface area contributed by atoms with Gasteiger partial charge in [-0.3, -0.25) is 4.79 Å². The summed E-state index contributed by atoms with van der Waals surface area (Å²) in [5.74, 6) is 0.0851. The van der Waals surface area contributed by atoms with E-state index in [1.165, 1.54) is 22.5 Å². The van der Waals surface area contributed by atoms with Crippen molar-refractivity contribution in [2.75, 3.05) is 13.7 Å². The Balaban J connectivity index is 1.80. The summed E-state index contributed by atoms with van der Waals surface area (Å²) in [5.41, 5.74) is 3.40. The van der Waals surface area contributed by atoms with Crippen LogP contribution in [-0.4, -0.2) is 29.4 Å². The van der Waals surface area contributed by atoms with Crippen LogP contribution >= 0.6 is 11.3 Å². The Morgan fingerprint density at radius 1 is 1.38 bits per heavy atom. The Kier molecular flexibility index (Phi) is 4.03. The Bertz CT molecular complexity index is 666. The van der Waals surface area contributed by atoms with E-state index in [0.717, 1.165) is 28.5 Å². The monoisotopic (exact) mass is 302 g/mol. The highest BCUT2D eigenvalue weighted by atomic mass is 32.1. The standard InChI is InChI=1S/C16H18N2O2S/c1-11-15(21-14(17-11)10-20-2)16(19)18-8-7-12-5-3-4-6-13(12)9-18/h3-6H,7-10H2,1-2H3. The van der Waals surface area contributed by atoms with Crippen molar-refractivity contribution >= 4 is 17.2 Å². The van der Waals surface area contributed by atoms with Crippen molar-refractivity contribution in [2.45, 2.75) is 26.5 Å². The van der Waals surface area contributed by atoms with E-state index in [1.54, 1.807) is 7.11 Å². The number of fused-ring (bicyclic) bond motifs is 1. The van der Waals surface area contributed by atoms with Gasteiger partial charge in [-0.2, -0.15) is 0 Å². The number of ether oxygens (including phenoxy) is 1. The normalized spacial score (nSPS) is 14.1. The minimum Gasteiger partial charge on any atom is -0.378 e. The lowest BCUT2D eigenvalue weighted by Gasteiger charge is -2.28. The first-order valence-electron chi connectivity index (χ1n) is 7.00. The molecule has 2 aromatic rings. The Morgan fingerprint density at radius 2 is 2.14 bits per heavy atom. The molecule has 4 nitrogen and oxygen atoms in total. The quantitative estimate of drug-likeness (QED) is 0.875. The molecule has 0 saturated heterocycles. The molecule has 0 fully saturated rings. The molecule has 0 radical (unpaired) electrons. The summed E-state index contributed by atoms with van der Waals surface area (Å²) in [6.07, 6.45) is 0.921. The number of benzene rings is 1. The molecule has 0 saturated carbocycles. The van der Waals surface area contributed by atoms with Gasteiger partial charge in [0.2, 0.25) is 0 Å². The number of methoxy groups -OCH3 is 1. The predicted molar refractivity (Wildman–Crippen MR) is 82.5 cm³/mol. The first-order chi connectivity index (χ1) is 10.2. The van der Waals surface area contributed by atoms with E-state index in [0.29, 0.717) is 13.2 Å². The average Bonchev–Trinajstić information content (AvgIpc) is 2.87. The molecule has 2 heterocycles. The number of hydrogen-bond donors (Lipinski definition) is 0. The largest absolute Gasteiger partial charge is 0.378 e. The van der Waals surface area contributed by atoms with E-state index in [4.69, 9.17) is 4.74 Å². The molecule has 1 aromatic heterocycles. The van der Waals surface area contributed by atoms with Crippen LogP contribution in [0.1, 0.15) is 31.5 Å². The lowest BCUT2D eigenvalue weighted by atomic mass is 10.00. The fourth-order valence-electron chi connectivity index (χ4n) is 2.65. The van der Waals surface area contributed by atoms with E-state index in [-0.39, 0.29) is 5.91 Å². The highest BCUT2D eigenvalue weighted by Crippen LogP contribution is 2.24. The van der Waals surface area contributed by atoms with Crippen LogP contribution in [-0.2, 0) is 24.3 Å². The number of carbonyl (C=O) groups excluding carboxylic acids is 1. The summed E-state index contributed by atoms with van der Waals surface area (Å²) in [7, 11) is 1.64. The fraction of sp³-hybridized carbons (Fsp3) is 0.375. The predicted octanol–water partition coefficient (Wildman–Crippen LogP) is 2.80. The number of rotatable bonds is 3. The van der Waals surface area contributed by atoms with Gasteiger partial charge in [0.25, 0.3) is 5.91 Å². The van der Waals surface area contributed by atoms with Crippen molar-refractivity contribution in [1.29, 1.82) is 0 Å². The lowest BCUT2D eigenvalue weighted by Crippen LogP contribution is -2.35. The smallest absolute Gasteiger partial charge is 0.266 e. The second kappa shape index (κ2) is 5.95. The van der Waals surface area contributed by atoms with Crippen LogP contribution in [0.3, 0.4) is 0 Å². The van der Waals surface area contributed by atoms with Gasteiger partial charge in [-0.25, -0.2) is 4.98 Å². The number of aromatic nitrogens is 1. The van der Waals surface area contributed by atoms with Crippen molar-refractivity contribution in [3.63, 3.8) is 0 Å². The summed E-state index contributed by atoms with van der Waals surface area (Å²) in [4.78, 5) is 19.8. The first kappa shape index (κ1) is 14.2. The Hall–Kier alpha value is -1.72. The minimum atomic E-state index is 0.0851. The highest BCUT2D eigenvalue weighted by Gasteiger charge is 2.24. The number of amides is 1. The van der Waals surface area contributed by atoms with Crippen molar-refractivity contribution in [2.24, 2.45) is 0 Å². The molecule has 1 amide bonds. The van der Waals surface area contributed by atoms with Crippen LogP contribution in [0.2, 0.25) is 0 Å². The van der Waals surface area contributed by atoms with Gasteiger partial charge in [0.05, 0.1) is 12.3 Å². The minimum absolute atomic E-state index is 0.0851. The zero-order valence-electron chi connectivity index (χ0n) is 12.3. The molecule has 0 unspecified atom stereocenters. The second-order valence-corrected chi connectivity index (χ2v) is 6.28. The third-order valence-electron chi connectivity index (χ3n) is 3.72. The summed E-state index contributed by atoms with van der Waals surface area (Å²) in [5, 5.41) is 0.857. The SMILES string of the molecule is COCc1nc(C)c(C(=O)N2CCc3ccccc3C2)s1. The summed E-state index contributed by atoms with van der Waals surface area (Å²) < 4.78 is 5.09. The maximum atomic E-state index is 12.7. The van der Waals surface area contributed by atoms with Gasteiger partial charge >= 0.3 is 0 Å². The third kappa shape index (κ3) is 2.84. The number of thiazole rings is 1. The van der Waals surface area contributed by atoms with Gasteiger partial charge in [0, 0.05) is 20.2 Å². The molecule has 0 bridgehead atoms. The van der Waals surface area contributed by atoms with Gasteiger partial charge < -0.3 is 9.64 Å². The average molecular weight is 302 g/mol. The highest BCUT2D eigenvalue weighted by molar-refractivity contribution is 7.13. The van der Waals surface area contributed by atoms with Crippen molar-refractivity contribution in [3.05, 3.63) is 51.0 Å². The molecular weight excluding hydrogens is 284 g/mol. The molecule has 0 atom stereocenters. The van der Waals surface area contributed by atoms with Gasteiger partial charge in [0.1, 0.15) is 9.88 Å². The van der Waals surface area contributed by atoms with Crippen LogP contribution in [0.15, 0.2) is 24.3 Å². The molecule has 1 aliphatic heterocycles. The maximum absolute atomic E-state index is 12.7. The van der Waals surface area contributed by atoms with Gasteiger partial charge in [-0.05, 0) is 24.5 Å². The summed E-state index contributed by atoms with van der Waals surface area (Å²) in [6.45, 7) is 3.81. The third-order valence-corrected chi connectivity index (χ3v) is 4.84. The molecule has 5 heteroatoms. The molecule has 21 heavy (non-hydrogen) atoms. The number of carbonyl (C=O) groups is 1. The van der Waals surface area contributed by atoms with E-state index in [1.807, 2.05) is 17.9 Å². The van der Waals surface area contributed by atoms with Crippen LogP contribution in [0.4, 0.5) is 0 Å². The van der Waals surface area contributed by atoms with E-state index < -0.39 is 0 Å². The topological polar surface area (TPSA) is 42.4 Å². The zero-order valence-corrected chi connectivity index (χ0v) is 13.1. The molecule has 1 aliphatic rings. The summed E-state index contributed by atoms with van der Waals surface area (Å²) >= 11 is 1.44. The van der Waals surface area contributed by atoms with Gasteiger partial charge in [0.15, 0.2) is 0 Å². The molecule has 0 spiro atoms. The van der Waals surface area contributed by atoms with Crippen LogP contribution in [0.25, 0.3) is 0 Å².